The summed E-state index contributed by atoms with van der Waals surface area (Å²) in [5.74, 6) is 0.166. The molecule has 2 N–H and O–H groups in total. The lowest BCUT2D eigenvalue weighted by molar-refractivity contribution is -0.114. The highest BCUT2D eigenvalue weighted by atomic mass is 32.2. The van der Waals surface area contributed by atoms with Gasteiger partial charge in [0, 0.05) is 11.8 Å². The summed E-state index contributed by atoms with van der Waals surface area (Å²) < 4.78 is 33.6. The van der Waals surface area contributed by atoms with Crippen molar-refractivity contribution >= 4 is 50.8 Å². The number of carbonyl (C=O) groups excluding carboxylic acids is 1. The van der Waals surface area contributed by atoms with Gasteiger partial charge in [-0.2, -0.15) is 0 Å². The van der Waals surface area contributed by atoms with Crippen molar-refractivity contribution < 1.29 is 17.7 Å². The molecule has 2 aromatic heterocycles. The standard InChI is InChI=1S/C20H21N3O4S2/c1-4-15-7-5-6-8-17(15)23-29(25,26)19-12-10-16(28-19)9-11-18-20(21-14(3)24)13(2)22-27-18/h5-12,23H,4H2,1-3H3,(H,21,24)/b11-9+. The Morgan fingerprint density at radius 2 is 1.97 bits per heavy atom. The van der Waals surface area contributed by atoms with Crippen molar-refractivity contribution in [2.75, 3.05) is 10.0 Å². The second-order valence-electron chi connectivity index (χ2n) is 6.29. The van der Waals surface area contributed by atoms with E-state index in [1.54, 1.807) is 43.3 Å². The molecule has 1 amide bonds. The molecule has 3 rings (SSSR count). The first kappa shape index (κ1) is 20.8. The molecule has 0 saturated carbocycles. The quantitative estimate of drug-likeness (QED) is 0.572. The van der Waals surface area contributed by atoms with Crippen LogP contribution in [0.5, 0.6) is 0 Å². The number of aromatic nitrogens is 1. The zero-order valence-corrected chi connectivity index (χ0v) is 17.9. The normalized spacial score (nSPS) is 11.7. The second kappa shape index (κ2) is 8.62. The highest BCUT2D eigenvalue weighted by Gasteiger charge is 2.18. The van der Waals surface area contributed by atoms with E-state index >= 15 is 0 Å². The average Bonchev–Trinajstić information content (AvgIpc) is 3.28. The molecule has 29 heavy (non-hydrogen) atoms. The fraction of sp³-hybridized carbons (Fsp3) is 0.200. The SMILES string of the molecule is CCc1ccccc1NS(=O)(=O)c1ccc(/C=C/c2onc(C)c2NC(C)=O)s1. The van der Waals surface area contributed by atoms with Crippen LogP contribution < -0.4 is 10.0 Å². The number of benzene rings is 1. The van der Waals surface area contributed by atoms with Crippen LogP contribution in [0.2, 0.25) is 0 Å². The minimum absolute atomic E-state index is 0.207. The number of thiophene rings is 1. The van der Waals surface area contributed by atoms with Crippen LogP contribution in [0.4, 0.5) is 11.4 Å². The number of nitrogens with one attached hydrogen (secondary N) is 2. The fourth-order valence-electron chi connectivity index (χ4n) is 2.68. The number of sulfonamides is 1. The van der Waals surface area contributed by atoms with Crippen LogP contribution >= 0.6 is 11.3 Å². The van der Waals surface area contributed by atoms with Gasteiger partial charge in [0.1, 0.15) is 15.6 Å². The van der Waals surface area contributed by atoms with Crippen LogP contribution in [-0.4, -0.2) is 19.5 Å². The van der Waals surface area contributed by atoms with Gasteiger partial charge in [-0.1, -0.05) is 30.3 Å². The molecule has 0 spiro atoms. The summed E-state index contributed by atoms with van der Waals surface area (Å²) in [7, 11) is -3.69. The topological polar surface area (TPSA) is 101 Å². The van der Waals surface area contributed by atoms with Gasteiger partial charge in [0.05, 0.1) is 5.69 Å². The first-order valence-corrected chi connectivity index (χ1v) is 11.2. The van der Waals surface area contributed by atoms with Crippen molar-refractivity contribution in [3.8, 4) is 0 Å². The number of hydrogen-bond donors (Lipinski definition) is 2. The van der Waals surface area contributed by atoms with E-state index in [4.69, 9.17) is 4.52 Å². The third-order valence-corrected chi connectivity index (χ3v) is 7.01. The molecule has 0 atom stereocenters. The van der Waals surface area contributed by atoms with Gasteiger partial charge in [-0.05, 0) is 49.3 Å². The zero-order chi connectivity index (χ0) is 21.0. The number of aryl methyl sites for hydroxylation is 2. The Morgan fingerprint density at radius 1 is 1.21 bits per heavy atom. The minimum atomic E-state index is -3.69. The third-order valence-electron chi connectivity index (χ3n) is 4.10. The van der Waals surface area contributed by atoms with E-state index in [1.807, 2.05) is 19.1 Å². The largest absolute Gasteiger partial charge is 0.354 e. The van der Waals surface area contributed by atoms with Gasteiger partial charge in [0.2, 0.25) is 5.91 Å². The van der Waals surface area contributed by atoms with Gasteiger partial charge in [0.25, 0.3) is 10.0 Å². The second-order valence-corrected chi connectivity index (χ2v) is 9.32. The fourth-order valence-corrected chi connectivity index (χ4v) is 5.01. The molecule has 0 aliphatic rings. The van der Waals surface area contributed by atoms with Crippen LogP contribution in [0.3, 0.4) is 0 Å². The van der Waals surface area contributed by atoms with Gasteiger partial charge in [0.15, 0.2) is 5.76 Å². The Labute approximate surface area is 173 Å². The van der Waals surface area contributed by atoms with Crippen molar-refractivity contribution in [3.05, 3.63) is 58.3 Å². The summed E-state index contributed by atoms with van der Waals surface area (Å²) in [5, 5.41) is 6.52. The number of nitrogens with zero attached hydrogens (tertiary/aromatic N) is 1. The number of amides is 1. The van der Waals surface area contributed by atoms with Gasteiger partial charge < -0.3 is 9.84 Å². The first-order valence-electron chi connectivity index (χ1n) is 8.92. The molecule has 0 aliphatic heterocycles. The van der Waals surface area contributed by atoms with E-state index < -0.39 is 10.0 Å². The van der Waals surface area contributed by atoms with Gasteiger partial charge in [-0.3, -0.25) is 9.52 Å². The number of para-hydroxylation sites is 1. The smallest absolute Gasteiger partial charge is 0.271 e. The summed E-state index contributed by atoms with van der Waals surface area (Å²) in [6, 6.07) is 10.6. The maximum absolute atomic E-state index is 12.7. The first-order chi connectivity index (χ1) is 13.8. The summed E-state index contributed by atoms with van der Waals surface area (Å²) in [6.07, 6.45) is 4.09. The maximum Gasteiger partial charge on any atom is 0.271 e. The number of carbonyl (C=O) groups is 1. The number of hydrogen-bond acceptors (Lipinski definition) is 6. The van der Waals surface area contributed by atoms with Crippen LogP contribution in [0.15, 0.2) is 45.1 Å². The van der Waals surface area contributed by atoms with E-state index in [0.717, 1.165) is 28.2 Å². The van der Waals surface area contributed by atoms with Gasteiger partial charge >= 0.3 is 0 Å². The van der Waals surface area contributed by atoms with Crippen molar-refractivity contribution in [2.24, 2.45) is 0 Å². The molecule has 7 nitrogen and oxygen atoms in total. The van der Waals surface area contributed by atoms with Crippen LogP contribution in [0, 0.1) is 6.92 Å². The average molecular weight is 432 g/mol. The summed E-state index contributed by atoms with van der Waals surface area (Å²) in [6.45, 7) is 5.10. The molecule has 152 valence electrons. The Hall–Kier alpha value is -2.91. The Balaban J connectivity index is 1.80. The molecule has 0 saturated heterocycles. The number of anilines is 2. The molecule has 0 fully saturated rings. The molecule has 2 heterocycles. The molecule has 0 bridgehead atoms. The summed E-state index contributed by atoms with van der Waals surface area (Å²) in [4.78, 5) is 12.0. The Morgan fingerprint density at radius 3 is 2.69 bits per heavy atom. The van der Waals surface area contributed by atoms with E-state index in [9.17, 15) is 13.2 Å². The maximum atomic E-state index is 12.7. The van der Waals surface area contributed by atoms with Gasteiger partial charge in [-0.25, -0.2) is 8.42 Å². The minimum Gasteiger partial charge on any atom is -0.354 e. The van der Waals surface area contributed by atoms with Crippen LogP contribution in [0.1, 0.15) is 35.7 Å². The highest BCUT2D eigenvalue weighted by molar-refractivity contribution is 7.94. The zero-order valence-electron chi connectivity index (χ0n) is 16.2. The molecule has 0 unspecified atom stereocenters. The third kappa shape index (κ3) is 4.93. The van der Waals surface area contributed by atoms with Crippen molar-refractivity contribution in [2.45, 2.75) is 31.4 Å². The predicted molar refractivity (Wildman–Crippen MR) is 115 cm³/mol. The molecule has 1 aromatic carbocycles. The molecule has 3 aromatic rings. The van der Waals surface area contributed by atoms with E-state index in [0.29, 0.717) is 22.8 Å². The van der Waals surface area contributed by atoms with Crippen molar-refractivity contribution in [1.82, 2.24) is 5.16 Å². The lowest BCUT2D eigenvalue weighted by atomic mass is 10.1. The summed E-state index contributed by atoms with van der Waals surface area (Å²) in [5.41, 5.74) is 2.57. The Bertz CT molecular complexity index is 1160. The lowest BCUT2D eigenvalue weighted by Crippen LogP contribution is -2.12. The van der Waals surface area contributed by atoms with Gasteiger partial charge in [-0.15, -0.1) is 11.3 Å². The molecular weight excluding hydrogens is 410 g/mol. The van der Waals surface area contributed by atoms with Crippen molar-refractivity contribution in [1.29, 1.82) is 0 Å². The van der Waals surface area contributed by atoms with Crippen LogP contribution in [-0.2, 0) is 21.2 Å². The van der Waals surface area contributed by atoms with Crippen molar-refractivity contribution in [3.63, 3.8) is 0 Å². The summed E-state index contributed by atoms with van der Waals surface area (Å²) >= 11 is 1.13. The highest BCUT2D eigenvalue weighted by Crippen LogP contribution is 2.28. The van der Waals surface area contributed by atoms with Crippen LogP contribution in [0.25, 0.3) is 12.2 Å². The van der Waals surface area contributed by atoms with E-state index in [-0.39, 0.29) is 10.1 Å². The molecule has 0 radical (unpaired) electrons. The Kier molecular flexibility index (Phi) is 6.19. The predicted octanol–water partition coefficient (Wildman–Crippen LogP) is 4.54. The molecule has 0 aliphatic carbocycles. The lowest BCUT2D eigenvalue weighted by Gasteiger charge is -2.10. The van der Waals surface area contributed by atoms with E-state index in [2.05, 4.69) is 15.2 Å². The monoisotopic (exact) mass is 431 g/mol. The molecular formula is C20H21N3O4S2. The van der Waals surface area contributed by atoms with E-state index in [1.165, 1.54) is 6.92 Å². The molecule has 9 heteroatoms. The number of rotatable bonds is 7.